The smallest absolute Gasteiger partial charge is 0.0175 e. The predicted octanol–water partition coefficient (Wildman–Crippen LogP) is 5.78. The second-order valence-corrected chi connectivity index (χ2v) is 7.54. The Morgan fingerprint density at radius 2 is 1.16 bits per heavy atom. The van der Waals surface area contributed by atoms with Crippen molar-refractivity contribution in [3.63, 3.8) is 0 Å². The summed E-state index contributed by atoms with van der Waals surface area (Å²) in [5.74, 6) is 0. The third-order valence-electron chi connectivity index (χ3n) is 5.15. The quantitative estimate of drug-likeness (QED) is 0.365. The Balaban J connectivity index is 1.91. The van der Waals surface area contributed by atoms with Crippen LogP contribution in [-0.2, 0) is 0 Å². The molecule has 1 heteroatoms. The molecule has 0 nitrogen and oxygen atoms in total. The zero-order chi connectivity index (χ0) is 16.8. The van der Waals surface area contributed by atoms with E-state index in [0.29, 0.717) is 0 Å². The van der Waals surface area contributed by atoms with Gasteiger partial charge in [-0.15, -0.1) is 0 Å². The maximum absolute atomic E-state index is 3.53. The Labute approximate surface area is 155 Å². The van der Waals surface area contributed by atoms with E-state index in [4.69, 9.17) is 0 Å². The highest BCUT2D eigenvalue weighted by Gasteiger charge is 2.09. The van der Waals surface area contributed by atoms with Crippen LogP contribution in [0.2, 0.25) is 0 Å². The Hall–Kier alpha value is -2.38. The summed E-state index contributed by atoms with van der Waals surface area (Å²) in [5, 5.41) is 8.25. The lowest BCUT2D eigenvalue weighted by Crippen LogP contribution is -2.28. The van der Waals surface area contributed by atoms with Crippen LogP contribution in [0.1, 0.15) is 12.8 Å². The van der Waals surface area contributed by atoms with Gasteiger partial charge in [-0.25, -0.2) is 0 Å². The Morgan fingerprint density at radius 3 is 1.92 bits per heavy atom. The fourth-order valence-electron chi connectivity index (χ4n) is 3.96. The molecule has 1 aliphatic carbocycles. The van der Waals surface area contributed by atoms with Crippen molar-refractivity contribution in [3.8, 4) is 11.1 Å². The van der Waals surface area contributed by atoms with Gasteiger partial charge in [-0.1, -0.05) is 76.6 Å². The van der Waals surface area contributed by atoms with Crippen LogP contribution in [0, 0.1) is 0 Å². The molecular weight excluding hydrogens is 368 g/mol. The molecule has 0 saturated heterocycles. The van der Waals surface area contributed by atoms with E-state index in [1.165, 1.54) is 43.1 Å². The molecule has 25 heavy (non-hydrogen) atoms. The number of hydrogen-bond acceptors (Lipinski definition) is 0. The first-order valence-electron chi connectivity index (χ1n) is 8.72. The lowest BCUT2D eigenvalue weighted by Gasteiger charge is -2.12. The highest BCUT2D eigenvalue weighted by atomic mass is 79.9. The van der Waals surface area contributed by atoms with Gasteiger partial charge in [-0.05, 0) is 74.1 Å². The van der Waals surface area contributed by atoms with E-state index >= 15 is 0 Å². The third kappa shape index (κ3) is 2.42. The summed E-state index contributed by atoms with van der Waals surface area (Å²) in [6, 6.07) is 24.3. The minimum absolute atomic E-state index is 1.11. The van der Waals surface area contributed by atoms with Gasteiger partial charge in [0.05, 0.1) is 0 Å². The van der Waals surface area contributed by atoms with E-state index in [9.17, 15) is 0 Å². The molecule has 120 valence electrons. The van der Waals surface area contributed by atoms with Gasteiger partial charge < -0.3 is 0 Å². The normalized spacial score (nSPS) is 13.3. The van der Waals surface area contributed by atoms with Crippen molar-refractivity contribution < 1.29 is 0 Å². The van der Waals surface area contributed by atoms with Crippen molar-refractivity contribution in [1.29, 1.82) is 0 Å². The maximum Gasteiger partial charge on any atom is 0.0175 e. The van der Waals surface area contributed by atoms with Crippen molar-refractivity contribution in [3.05, 3.63) is 81.6 Å². The van der Waals surface area contributed by atoms with E-state index in [0.717, 1.165) is 17.3 Å². The number of fused-ring (bicyclic) bond motifs is 6. The Kier molecular flexibility index (Phi) is 3.50. The van der Waals surface area contributed by atoms with Gasteiger partial charge in [0.2, 0.25) is 0 Å². The molecule has 0 radical (unpaired) electrons. The molecule has 0 N–H and O–H groups in total. The summed E-state index contributed by atoms with van der Waals surface area (Å²) in [6.45, 7) is 0. The first kappa shape index (κ1) is 14.9. The number of hydrogen-bond donors (Lipinski definition) is 0. The van der Waals surface area contributed by atoms with Crippen LogP contribution in [0.5, 0.6) is 0 Å². The van der Waals surface area contributed by atoms with Crippen molar-refractivity contribution in [2.45, 2.75) is 12.8 Å². The van der Waals surface area contributed by atoms with Gasteiger partial charge in [0, 0.05) is 4.47 Å². The van der Waals surface area contributed by atoms with Crippen molar-refractivity contribution in [2.75, 3.05) is 0 Å². The van der Waals surface area contributed by atoms with Crippen LogP contribution in [0.25, 0.3) is 44.8 Å². The fourth-order valence-corrected chi connectivity index (χ4v) is 4.23. The summed E-state index contributed by atoms with van der Waals surface area (Å²) >= 11 is 3.53. The summed E-state index contributed by atoms with van der Waals surface area (Å²) in [6.07, 6.45) is 7.08. The van der Waals surface area contributed by atoms with Crippen LogP contribution < -0.4 is 10.4 Å². The van der Waals surface area contributed by atoms with Crippen LogP contribution in [-0.4, -0.2) is 0 Å². The molecule has 0 aromatic heterocycles. The molecule has 0 aliphatic heterocycles. The van der Waals surface area contributed by atoms with Crippen LogP contribution in [0.4, 0.5) is 0 Å². The zero-order valence-corrected chi connectivity index (χ0v) is 15.4. The molecule has 0 bridgehead atoms. The first-order chi connectivity index (χ1) is 12.3. The summed E-state index contributed by atoms with van der Waals surface area (Å²) in [5.41, 5.74) is 2.53. The highest BCUT2D eigenvalue weighted by Crippen LogP contribution is 2.28. The van der Waals surface area contributed by atoms with E-state index < -0.39 is 0 Å². The largest absolute Gasteiger partial charge is 0.0757 e. The molecule has 0 spiro atoms. The minimum Gasteiger partial charge on any atom is -0.0757 e. The van der Waals surface area contributed by atoms with E-state index in [1.54, 1.807) is 0 Å². The molecule has 1 aliphatic rings. The van der Waals surface area contributed by atoms with Crippen molar-refractivity contribution in [1.82, 2.24) is 0 Å². The molecule has 5 rings (SSSR count). The van der Waals surface area contributed by atoms with Gasteiger partial charge in [0.15, 0.2) is 0 Å². The number of rotatable bonds is 1. The maximum atomic E-state index is 3.53. The molecule has 4 aromatic carbocycles. The van der Waals surface area contributed by atoms with Crippen LogP contribution in [0.3, 0.4) is 0 Å². The first-order valence-corrected chi connectivity index (χ1v) is 9.51. The predicted molar refractivity (Wildman–Crippen MR) is 112 cm³/mol. The molecule has 0 atom stereocenters. The van der Waals surface area contributed by atoms with E-state index in [2.05, 4.69) is 94.8 Å². The molecule has 0 amide bonds. The molecule has 0 heterocycles. The topological polar surface area (TPSA) is 0 Å². The molecule has 4 aromatic rings. The van der Waals surface area contributed by atoms with E-state index in [-0.39, 0.29) is 0 Å². The monoisotopic (exact) mass is 384 g/mol. The van der Waals surface area contributed by atoms with Crippen molar-refractivity contribution in [2.24, 2.45) is 0 Å². The van der Waals surface area contributed by atoms with E-state index in [1.807, 2.05) is 0 Å². The SMILES string of the molecule is Brc1ccc(-c2ccc3c(c2)c2c(c4ccccc43)=CCCC=2)cc1. The Bertz CT molecular complexity index is 1230. The Morgan fingerprint density at radius 1 is 0.560 bits per heavy atom. The molecule has 0 unspecified atom stereocenters. The molecular formula is C24H17Br. The molecule has 0 saturated carbocycles. The van der Waals surface area contributed by atoms with Crippen LogP contribution >= 0.6 is 15.9 Å². The van der Waals surface area contributed by atoms with Gasteiger partial charge in [-0.2, -0.15) is 0 Å². The highest BCUT2D eigenvalue weighted by molar-refractivity contribution is 9.10. The van der Waals surface area contributed by atoms with Gasteiger partial charge in [-0.3, -0.25) is 0 Å². The zero-order valence-electron chi connectivity index (χ0n) is 13.8. The van der Waals surface area contributed by atoms with Gasteiger partial charge in [0.1, 0.15) is 0 Å². The van der Waals surface area contributed by atoms with Gasteiger partial charge in [0.25, 0.3) is 0 Å². The van der Waals surface area contributed by atoms with Crippen LogP contribution in [0.15, 0.2) is 71.2 Å². The third-order valence-corrected chi connectivity index (χ3v) is 5.68. The average Bonchev–Trinajstić information content (AvgIpc) is 2.68. The standard InChI is InChI=1S/C24H17Br/c25-18-12-9-16(10-13-18)17-11-14-23-21-7-2-1-5-19(21)20-6-3-4-8-22(20)24(23)15-17/h1-2,5-15H,3-4H2. The lowest BCUT2D eigenvalue weighted by molar-refractivity contribution is 1.13. The second kappa shape index (κ2) is 5.86. The van der Waals surface area contributed by atoms with Gasteiger partial charge >= 0.3 is 0 Å². The summed E-state index contributed by atoms with van der Waals surface area (Å²) in [7, 11) is 0. The lowest BCUT2D eigenvalue weighted by atomic mass is 9.92. The number of halogens is 1. The van der Waals surface area contributed by atoms with Crippen molar-refractivity contribution >= 4 is 49.6 Å². The second-order valence-electron chi connectivity index (χ2n) is 6.63. The molecule has 0 fully saturated rings. The number of benzene rings is 4. The average molecular weight is 385 g/mol. The fraction of sp³-hybridized carbons (Fsp3) is 0.0833. The summed E-state index contributed by atoms with van der Waals surface area (Å²) < 4.78 is 1.11. The summed E-state index contributed by atoms with van der Waals surface area (Å²) in [4.78, 5) is 0. The minimum atomic E-state index is 1.11.